The van der Waals surface area contributed by atoms with Crippen molar-refractivity contribution in [1.29, 1.82) is 5.26 Å². The first kappa shape index (κ1) is 15.2. The van der Waals surface area contributed by atoms with Gasteiger partial charge >= 0.3 is 0 Å². The summed E-state index contributed by atoms with van der Waals surface area (Å²) < 4.78 is 6.79. The third kappa shape index (κ3) is 4.71. The normalized spacial score (nSPS) is 10.5. The Morgan fingerprint density at radius 1 is 1.38 bits per heavy atom. The summed E-state index contributed by atoms with van der Waals surface area (Å²) in [4.78, 5) is 0. The summed E-state index contributed by atoms with van der Waals surface area (Å²) >= 11 is 0. The summed E-state index contributed by atoms with van der Waals surface area (Å²) in [6, 6.07) is 9.59. The Balaban J connectivity index is 1.85. The van der Waals surface area contributed by atoms with E-state index in [4.69, 9.17) is 10.00 Å². The van der Waals surface area contributed by atoms with Gasteiger partial charge in [0.05, 0.1) is 30.1 Å². The number of hydrogen-bond donors (Lipinski definition) is 1. The number of benzene rings is 1. The lowest BCUT2D eigenvalue weighted by atomic mass is 10.2. The largest absolute Gasteiger partial charge is 0.383 e. The fourth-order valence-electron chi connectivity index (χ4n) is 2.07. The molecular formula is C16H20N4O. The van der Waals surface area contributed by atoms with Crippen LogP contribution in [0.2, 0.25) is 0 Å². The molecule has 5 heteroatoms. The summed E-state index contributed by atoms with van der Waals surface area (Å²) in [7, 11) is 1.71. The number of methoxy groups -OCH3 is 1. The quantitative estimate of drug-likeness (QED) is 0.752. The Labute approximate surface area is 125 Å². The van der Waals surface area contributed by atoms with Crippen molar-refractivity contribution in [3.05, 3.63) is 47.8 Å². The van der Waals surface area contributed by atoms with E-state index in [1.165, 1.54) is 5.56 Å². The van der Waals surface area contributed by atoms with Crippen LogP contribution >= 0.6 is 0 Å². The third-order valence-electron chi connectivity index (χ3n) is 3.18. The van der Waals surface area contributed by atoms with Gasteiger partial charge < -0.3 is 10.1 Å². The van der Waals surface area contributed by atoms with E-state index < -0.39 is 0 Å². The summed E-state index contributed by atoms with van der Waals surface area (Å²) in [6.45, 7) is 2.60. The maximum atomic E-state index is 8.92. The average molecular weight is 284 g/mol. The summed E-state index contributed by atoms with van der Waals surface area (Å²) in [5.41, 5.74) is 2.76. The van der Waals surface area contributed by atoms with Crippen LogP contribution in [-0.2, 0) is 11.2 Å². The molecule has 0 fully saturated rings. The highest BCUT2D eigenvalue weighted by Gasteiger charge is 2.02. The van der Waals surface area contributed by atoms with E-state index >= 15 is 0 Å². The van der Waals surface area contributed by atoms with Crippen molar-refractivity contribution in [2.45, 2.75) is 12.8 Å². The molecule has 2 rings (SSSR count). The Bertz CT molecular complexity index is 600. The molecular weight excluding hydrogens is 264 g/mol. The third-order valence-corrected chi connectivity index (χ3v) is 3.18. The van der Waals surface area contributed by atoms with E-state index in [9.17, 15) is 0 Å². The molecule has 2 aromatic rings. The Kier molecular flexibility index (Phi) is 5.95. The molecule has 0 atom stereocenters. The molecule has 1 aromatic carbocycles. The number of rotatable bonds is 8. The molecule has 1 N–H and O–H groups in total. The van der Waals surface area contributed by atoms with E-state index in [0.717, 1.165) is 38.2 Å². The van der Waals surface area contributed by atoms with Gasteiger partial charge in [0.15, 0.2) is 0 Å². The lowest BCUT2D eigenvalue weighted by molar-refractivity contribution is 0.199. The van der Waals surface area contributed by atoms with Gasteiger partial charge in [0, 0.05) is 19.9 Å². The van der Waals surface area contributed by atoms with Gasteiger partial charge in [-0.05, 0) is 43.1 Å². The molecule has 0 amide bonds. The van der Waals surface area contributed by atoms with Crippen molar-refractivity contribution in [3.8, 4) is 11.8 Å². The molecule has 21 heavy (non-hydrogen) atoms. The van der Waals surface area contributed by atoms with Crippen molar-refractivity contribution in [3.63, 3.8) is 0 Å². The van der Waals surface area contributed by atoms with E-state index in [1.807, 2.05) is 35.3 Å². The Morgan fingerprint density at radius 3 is 3.10 bits per heavy atom. The summed E-state index contributed by atoms with van der Waals surface area (Å²) in [5.74, 6) is 0. The van der Waals surface area contributed by atoms with Crippen LogP contribution in [-0.4, -0.2) is 36.6 Å². The minimum atomic E-state index is 0.645. The van der Waals surface area contributed by atoms with Gasteiger partial charge in [-0.15, -0.1) is 0 Å². The van der Waals surface area contributed by atoms with Crippen molar-refractivity contribution in [2.24, 2.45) is 0 Å². The zero-order chi connectivity index (χ0) is 14.9. The number of nitriles is 1. The fraction of sp³-hybridized carbons (Fsp3) is 0.375. The number of nitrogens with zero attached hydrogens (tertiary/aromatic N) is 3. The van der Waals surface area contributed by atoms with E-state index in [2.05, 4.69) is 16.5 Å². The number of nitrogens with one attached hydrogen (secondary N) is 1. The Morgan fingerprint density at radius 2 is 2.29 bits per heavy atom. The van der Waals surface area contributed by atoms with Crippen LogP contribution in [0.15, 0.2) is 36.7 Å². The minimum Gasteiger partial charge on any atom is -0.383 e. The average Bonchev–Trinajstić information content (AvgIpc) is 3.00. The highest BCUT2D eigenvalue weighted by Crippen LogP contribution is 2.11. The van der Waals surface area contributed by atoms with Gasteiger partial charge in [0.25, 0.3) is 0 Å². The zero-order valence-electron chi connectivity index (χ0n) is 12.2. The smallest absolute Gasteiger partial charge is 0.0992 e. The van der Waals surface area contributed by atoms with Crippen molar-refractivity contribution in [2.75, 3.05) is 26.8 Å². The first-order valence-electron chi connectivity index (χ1n) is 7.07. The van der Waals surface area contributed by atoms with Gasteiger partial charge in [-0.2, -0.15) is 10.4 Å². The number of aromatic nitrogens is 2. The second-order valence-corrected chi connectivity index (χ2v) is 4.80. The van der Waals surface area contributed by atoms with Crippen LogP contribution in [0.1, 0.15) is 17.5 Å². The number of hydrogen-bond acceptors (Lipinski definition) is 4. The van der Waals surface area contributed by atoms with E-state index in [1.54, 1.807) is 13.2 Å². The molecule has 0 saturated heterocycles. The first-order valence-corrected chi connectivity index (χ1v) is 7.07. The molecule has 0 aliphatic rings. The second kappa shape index (κ2) is 8.20. The predicted octanol–water partition coefficient (Wildman–Crippen LogP) is 1.91. The van der Waals surface area contributed by atoms with Crippen LogP contribution in [0.4, 0.5) is 0 Å². The van der Waals surface area contributed by atoms with Crippen LogP contribution in [0.5, 0.6) is 0 Å². The van der Waals surface area contributed by atoms with Gasteiger partial charge in [-0.3, -0.25) is 0 Å². The molecule has 110 valence electrons. The fourth-order valence-corrected chi connectivity index (χ4v) is 2.07. The topological polar surface area (TPSA) is 62.9 Å². The second-order valence-electron chi connectivity index (χ2n) is 4.80. The molecule has 1 heterocycles. The number of ether oxygens (including phenoxy) is 1. The lowest BCUT2D eigenvalue weighted by Crippen LogP contribution is -2.20. The maximum Gasteiger partial charge on any atom is 0.0992 e. The SMILES string of the molecule is COCCNCCCc1cnn(-c2cccc(C#N)c2)c1. The zero-order valence-corrected chi connectivity index (χ0v) is 12.2. The molecule has 0 saturated carbocycles. The van der Waals surface area contributed by atoms with Crippen molar-refractivity contribution >= 4 is 0 Å². The molecule has 0 radical (unpaired) electrons. The van der Waals surface area contributed by atoms with Gasteiger partial charge in [0.1, 0.15) is 0 Å². The minimum absolute atomic E-state index is 0.645. The summed E-state index contributed by atoms with van der Waals surface area (Å²) in [6.07, 6.45) is 5.95. The highest BCUT2D eigenvalue weighted by atomic mass is 16.5. The van der Waals surface area contributed by atoms with E-state index in [0.29, 0.717) is 5.56 Å². The molecule has 5 nitrogen and oxygen atoms in total. The first-order chi connectivity index (χ1) is 10.3. The highest BCUT2D eigenvalue weighted by molar-refractivity contribution is 5.40. The number of aryl methyl sites for hydroxylation is 1. The van der Waals surface area contributed by atoms with Crippen LogP contribution < -0.4 is 5.32 Å². The molecule has 1 aromatic heterocycles. The molecule has 0 aliphatic heterocycles. The van der Waals surface area contributed by atoms with E-state index in [-0.39, 0.29) is 0 Å². The molecule has 0 unspecified atom stereocenters. The van der Waals surface area contributed by atoms with Gasteiger partial charge in [0.2, 0.25) is 0 Å². The van der Waals surface area contributed by atoms with Crippen molar-refractivity contribution in [1.82, 2.24) is 15.1 Å². The molecule has 0 aliphatic carbocycles. The van der Waals surface area contributed by atoms with Gasteiger partial charge in [-0.1, -0.05) is 6.07 Å². The lowest BCUT2D eigenvalue weighted by Gasteiger charge is -2.03. The maximum absolute atomic E-state index is 8.92. The molecule has 0 spiro atoms. The van der Waals surface area contributed by atoms with Crippen LogP contribution in [0, 0.1) is 11.3 Å². The van der Waals surface area contributed by atoms with Crippen LogP contribution in [0.25, 0.3) is 5.69 Å². The van der Waals surface area contributed by atoms with Crippen molar-refractivity contribution < 1.29 is 4.74 Å². The van der Waals surface area contributed by atoms with Gasteiger partial charge in [-0.25, -0.2) is 4.68 Å². The molecule has 0 bridgehead atoms. The summed E-state index contributed by atoms with van der Waals surface area (Å²) in [5, 5.41) is 16.6. The standard InChI is InChI=1S/C16H20N4O/c1-21-9-8-18-7-3-5-15-12-19-20(13-15)16-6-2-4-14(10-16)11-17/h2,4,6,10,12-13,18H,3,5,7-9H2,1H3. The monoisotopic (exact) mass is 284 g/mol. The Hall–Kier alpha value is -2.16. The predicted molar refractivity (Wildman–Crippen MR) is 81.3 cm³/mol. The van der Waals surface area contributed by atoms with Crippen LogP contribution in [0.3, 0.4) is 0 Å².